The maximum Gasteiger partial charge on any atom is 1.00 e. The normalized spacial score (nSPS) is 10.3. The first-order valence-corrected chi connectivity index (χ1v) is 5.01. The van der Waals surface area contributed by atoms with Crippen molar-refractivity contribution in [2.45, 2.75) is 4.90 Å². The van der Waals surface area contributed by atoms with E-state index in [0.29, 0.717) is 0 Å². The van der Waals surface area contributed by atoms with Gasteiger partial charge in [0.1, 0.15) is 10.1 Å². The number of ether oxygens (including phenoxy) is 1. The van der Waals surface area contributed by atoms with Crippen LogP contribution in [-0.4, -0.2) is 26.0 Å². The molecule has 5 nitrogen and oxygen atoms in total. The quantitative estimate of drug-likeness (QED) is 0.320. The van der Waals surface area contributed by atoms with E-state index in [1.54, 1.807) is 0 Å². The molecule has 15 heavy (non-hydrogen) atoms. The number of benzene rings is 1. The molecule has 0 radical (unpaired) electrons. The minimum absolute atomic E-state index is 0. The molecule has 0 saturated carbocycles. The Balaban J connectivity index is 0.00000196. The Morgan fingerprint density at radius 2 is 1.87 bits per heavy atom. The van der Waals surface area contributed by atoms with Crippen LogP contribution in [0.2, 0.25) is 0 Å². The first-order valence-electron chi connectivity index (χ1n) is 3.60. The zero-order valence-electron chi connectivity index (χ0n) is 8.26. The zero-order valence-corrected chi connectivity index (χ0v) is 11.1. The van der Waals surface area contributed by atoms with Gasteiger partial charge >= 0.3 is 35.5 Å². The van der Waals surface area contributed by atoms with E-state index < -0.39 is 21.0 Å². The summed E-state index contributed by atoms with van der Waals surface area (Å²) in [6.07, 6.45) is 0. The van der Waals surface area contributed by atoms with E-state index in [0.717, 1.165) is 13.2 Å². The Kier molecular flexibility index (Phi) is 5.47. The van der Waals surface area contributed by atoms with Gasteiger partial charge in [-0.15, -0.1) is 0 Å². The fourth-order valence-electron chi connectivity index (χ4n) is 0.963. The van der Waals surface area contributed by atoms with Crippen LogP contribution < -0.4 is 29.6 Å². The molecule has 0 fully saturated rings. The molecular weight excluding hydrogens is 231 g/mol. The Hall–Kier alpha value is -0.400. The minimum atomic E-state index is -4.64. The fraction of sp³-hybridized carbons (Fsp3) is 0.125. The van der Waals surface area contributed by atoms with Crippen LogP contribution in [-0.2, 0) is 14.9 Å². The van der Waals surface area contributed by atoms with Gasteiger partial charge in [-0.2, -0.15) is 0 Å². The van der Waals surface area contributed by atoms with Crippen molar-refractivity contribution in [1.82, 2.24) is 0 Å². The van der Waals surface area contributed by atoms with Gasteiger partial charge in [-0.25, -0.2) is 13.2 Å². The van der Waals surface area contributed by atoms with Crippen molar-refractivity contribution in [3.63, 3.8) is 0 Å². The molecule has 7 heteroatoms. The van der Waals surface area contributed by atoms with Crippen molar-refractivity contribution in [3.8, 4) is 0 Å². The van der Waals surface area contributed by atoms with Gasteiger partial charge in [0.05, 0.1) is 17.6 Å². The summed E-state index contributed by atoms with van der Waals surface area (Å²) in [5.74, 6) is -0.847. The number of esters is 1. The van der Waals surface area contributed by atoms with Crippen molar-refractivity contribution < 1.29 is 52.1 Å². The van der Waals surface area contributed by atoms with Crippen molar-refractivity contribution in [1.29, 1.82) is 0 Å². The molecule has 0 aromatic heterocycles. The first kappa shape index (κ1) is 14.6. The number of methoxy groups -OCH3 is 1. The van der Waals surface area contributed by atoms with Gasteiger partial charge in [-0.05, 0) is 12.1 Å². The molecule has 0 amide bonds. The number of carbonyl (C=O) groups is 1. The third-order valence-electron chi connectivity index (χ3n) is 1.56. The van der Waals surface area contributed by atoms with Crippen molar-refractivity contribution in [2.75, 3.05) is 7.11 Å². The van der Waals surface area contributed by atoms with Crippen molar-refractivity contribution in [2.24, 2.45) is 0 Å². The second-order valence-electron chi connectivity index (χ2n) is 2.44. The maximum absolute atomic E-state index is 11.1. The summed E-state index contributed by atoms with van der Waals surface area (Å²) in [6.45, 7) is 0. The second-order valence-corrected chi connectivity index (χ2v) is 3.79. The van der Waals surface area contributed by atoms with Crippen LogP contribution in [0, 0.1) is 0 Å². The van der Waals surface area contributed by atoms with E-state index in [4.69, 9.17) is 0 Å². The molecule has 0 aliphatic rings. The van der Waals surface area contributed by atoms with Crippen LogP contribution >= 0.6 is 0 Å². The number of hydrogen-bond donors (Lipinski definition) is 0. The third kappa shape index (κ3) is 3.58. The Morgan fingerprint density at radius 3 is 2.33 bits per heavy atom. The predicted octanol–water partition coefficient (Wildman–Crippen LogP) is -2.62. The minimum Gasteiger partial charge on any atom is -0.744 e. The summed E-state index contributed by atoms with van der Waals surface area (Å²) >= 11 is 0. The molecule has 0 aliphatic carbocycles. The monoisotopic (exact) mass is 238 g/mol. The van der Waals surface area contributed by atoms with Crippen LogP contribution in [0.3, 0.4) is 0 Å². The first-order chi connectivity index (χ1) is 6.46. The topological polar surface area (TPSA) is 83.5 Å². The standard InChI is InChI=1S/C8H8O5S.Na/c1-13-8(9)6-4-2-3-5-7(6)14(10,11)12;/h2-5H,1H3,(H,10,11,12);/q;+1/p-1. The summed E-state index contributed by atoms with van der Waals surface area (Å²) in [5.41, 5.74) is -0.245. The molecule has 0 bridgehead atoms. The molecule has 1 aromatic rings. The fourth-order valence-corrected chi connectivity index (χ4v) is 1.63. The van der Waals surface area contributed by atoms with Crippen LogP contribution in [0.15, 0.2) is 29.2 Å². The third-order valence-corrected chi connectivity index (χ3v) is 2.46. The van der Waals surface area contributed by atoms with Crippen LogP contribution in [0.25, 0.3) is 0 Å². The van der Waals surface area contributed by atoms with Crippen molar-refractivity contribution in [3.05, 3.63) is 29.8 Å². The molecule has 0 unspecified atom stereocenters. The molecular formula is C8H7NaO5S. The Labute approximate surface area is 109 Å². The zero-order chi connectivity index (χ0) is 10.8. The molecule has 1 aromatic carbocycles. The molecule has 1 rings (SSSR count). The predicted molar refractivity (Wildman–Crippen MR) is 45.7 cm³/mol. The van der Waals surface area contributed by atoms with Crippen LogP contribution in [0.1, 0.15) is 10.4 Å². The van der Waals surface area contributed by atoms with Gasteiger partial charge in [0.2, 0.25) is 0 Å². The smallest absolute Gasteiger partial charge is 0.744 e. The Bertz CT molecular complexity index is 454. The SMILES string of the molecule is COC(=O)c1ccccc1S(=O)(=O)[O-].[Na+]. The van der Waals surface area contributed by atoms with Gasteiger partial charge in [0.25, 0.3) is 0 Å². The van der Waals surface area contributed by atoms with Gasteiger partial charge in [-0.1, -0.05) is 12.1 Å². The average Bonchev–Trinajstić information content (AvgIpc) is 2.15. The molecule has 0 N–H and O–H groups in total. The van der Waals surface area contributed by atoms with Crippen molar-refractivity contribution >= 4 is 16.1 Å². The summed E-state index contributed by atoms with van der Waals surface area (Å²) < 4.78 is 36.5. The number of hydrogen-bond acceptors (Lipinski definition) is 5. The molecule has 0 aliphatic heterocycles. The number of carbonyl (C=O) groups excluding carboxylic acids is 1. The van der Waals surface area contributed by atoms with E-state index in [1.807, 2.05) is 0 Å². The van der Waals surface area contributed by atoms with Crippen LogP contribution in [0.5, 0.6) is 0 Å². The maximum atomic E-state index is 11.1. The van der Waals surface area contributed by atoms with E-state index in [-0.39, 0.29) is 35.1 Å². The largest absolute Gasteiger partial charge is 1.00 e. The van der Waals surface area contributed by atoms with Gasteiger partial charge in [0, 0.05) is 0 Å². The summed E-state index contributed by atoms with van der Waals surface area (Å²) in [7, 11) is -3.53. The van der Waals surface area contributed by atoms with E-state index in [1.165, 1.54) is 18.2 Å². The number of rotatable bonds is 2. The molecule has 0 heterocycles. The van der Waals surface area contributed by atoms with Crippen LogP contribution in [0.4, 0.5) is 0 Å². The summed E-state index contributed by atoms with van der Waals surface area (Å²) in [5, 5.41) is 0. The molecule has 0 atom stereocenters. The van der Waals surface area contributed by atoms with Gasteiger partial charge in [0.15, 0.2) is 0 Å². The second kappa shape index (κ2) is 5.62. The average molecular weight is 238 g/mol. The summed E-state index contributed by atoms with van der Waals surface area (Å²) in [4.78, 5) is 10.5. The van der Waals surface area contributed by atoms with E-state index >= 15 is 0 Å². The molecule has 76 valence electrons. The van der Waals surface area contributed by atoms with Gasteiger partial charge < -0.3 is 9.29 Å². The Morgan fingerprint density at radius 1 is 1.33 bits per heavy atom. The summed E-state index contributed by atoms with van der Waals surface area (Å²) in [6, 6.07) is 5.09. The van der Waals surface area contributed by atoms with E-state index in [9.17, 15) is 17.8 Å². The van der Waals surface area contributed by atoms with E-state index in [2.05, 4.69) is 4.74 Å². The molecule has 0 spiro atoms. The molecule has 0 saturated heterocycles. The van der Waals surface area contributed by atoms with Gasteiger partial charge in [-0.3, -0.25) is 0 Å².